The van der Waals surface area contributed by atoms with Gasteiger partial charge in [0, 0.05) is 36.7 Å². The maximum atomic E-state index is 12.5. The fourth-order valence-corrected chi connectivity index (χ4v) is 6.28. The van der Waals surface area contributed by atoms with E-state index in [4.69, 9.17) is 0 Å². The Labute approximate surface area is 218 Å². The van der Waals surface area contributed by atoms with Crippen LogP contribution in [0.4, 0.5) is 4.39 Å². The zero-order chi connectivity index (χ0) is 25.2. The number of allylic oxidation sites excluding steroid dienone is 1. The van der Waals surface area contributed by atoms with Crippen LogP contribution in [0.3, 0.4) is 0 Å². The van der Waals surface area contributed by atoms with E-state index < -0.39 is 0 Å². The summed E-state index contributed by atoms with van der Waals surface area (Å²) in [6.45, 7) is 2.79. The van der Waals surface area contributed by atoms with E-state index in [0.29, 0.717) is 12.3 Å². The first kappa shape index (κ1) is 23.7. The summed E-state index contributed by atoms with van der Waals surface area (Å²) in [4.78, 5) is 5.73. The van der Waals surface area contributed by atoms with Crippen molar-refractivity contribution < 1.29 is 4.39 Å². The summed E-state index contributed by atoms with van der Waals surface area (Å²) in [5.74, 6) is 0.656. The van der Waals surface area contributed by atoms with Crippen LogP contribution < -0.4 is 0 Å². The first-order valence-corrected chi connectivity index (χ1v) is 13.4. The number of hydrogen-bond donors (Lipinski definition) is 1. The molecule has 1 aliphatic carbocycles. The lowest BCUT2D eigenvalue weighted by molar-refractivity contribution is 0.0968. The van der Waals surface area contributed by atoms with Crippen molar-refractivity contribution in [2.24, 2.45) is 5.92 Å². The van der Waals surface area contributed by atoms with Crippen molar-refractivity contribution in [3.63, 3.8) is 0 Å². The van der Waals surface area contributed by atoms with Gasteiger partial charge in [0.05, 0.1) is 18.3 Å². The highest BCUT2D eigenvalue weighted by molar-refractivity contribution is 6.03. The maximum Gasteiger partial charge on any atom is 0.0998 e. The summed E-state index contributed by atoms with van der Waals surface area (Å²) in [5, 5.41) is 11.2. The van der Waals surface area contributed by atoms with Gasteiger partial charge in [0.2, 0.25) is 0 Å². The number of fused-ring (bicyclic) bond motifs is 3. The molecule has 37 heavy (non-hydrogen) atoms. The Balaban J connectivity index is 1.39. The van der Waals surface area contributed by atoms with E-state index in [0.717, 1.165) is 56.4 Å². The van der Waals surface area contributed by atoms with Crippen LogP contribution in [0.25, 0.3) is 22.0 Å². The highest BCUT2D eigenvalue weighted by Crippen LogP contribution is 2.42. The van der Waals surface area contributed by atoms with Crippen molar-refractivity contribution in [1.29, 1.82) is 5.26 Å². The molecule has 0 saturated carbocycles. The number of alkyl halides is 1. The molecule has 1 aliphatic heterocycles. The molecule has 186 valence electrons. The van der Waals surface area contributed by atoms with Gasteiger partial charge in [-0.2, -0.15) is 5.26 Å². The third kappa shape index (κ3) is 4.61. The molecule has 1 saturated heterocycles. The number of aromatic amines is 1. The van der Waals surface area contributed by atoms with Gasteiger partial charge in [0.25, 0.3) is 0 Å². The third-order valence-corrected chi connectivity index (χ3v) is 8.05. The molecule has 0 radical (unpaired) electrons. The Bertz CT molecular complexity index is 1480. The van der Waals surface area contributed by atoms with Crippen molar-refractivity contribution in [2.45, 2.75) is 32.1 Å². The van der Waals surface area contributed by atoms with E-state index in [9.17, 15) is 9.65 Å². The van der Waals surface area contributed by atoms with E-state index >= 15 is 0 Å². The molecular formula is C33H32FN3. The summed E-state index contributed by atoms with van der Waals surface area (Å²) < 4.78 is 12.5. The van der Waals surface area contributed by atoms with E-state index in [1.54, 1.807) is 0 Å². The fraction of sp³-hybridized carbons (Fsp3) is 0.303. The fourth-order valence-electron chi connectivity index (χ4n) is 6.28. The number of likely N-dealkylation sites (tertiary alicyclic amines) is 1. The molecule has 2 heterocycles. The second kappa shape index (κ2) is 10.4. The number of benzene rings is 3. The molecule has 1 aromatic heterocycles. The zero-order valence-electron chi connectivity index (χ0n) is 21.1. The van der Waals surface area contributed by atoms with Crippen molar-refractivity contribution >= 4 is 22.0 Å². The van der Waals surface area contributed by atoms with Gasteiger partial charge in [-0.3, -0.25) is 4.39 Å². The Morgan fingerprint density at radius 3 is 2.59 bits per heavy atom. The largest absolute Gasteiger partial charge is 0.361 e. The van der Waals surface area contributed by atoms with Gasteiger partial charge < -0.3 is 9.88 Å². The van der Waals surface area contributed by atoms with Crippen LogP contribution in [0.1, 0.15) is 52.6 Å². The van der Waals surface area contributed by atoms with Crippen molar-refractivity contribution in [2.75, 3.05) is 26.3 Å². The molecule has 3 aromatic carbocycles. The van der Waals surface area contributed by atoms with Crippen molar-refractivity contribution in [1.82, 2.24) is 9.88 Å². The second-order valence-corrected chi connectivity index (χ2v) is 10.5. The van der Waals surface area contributed by atoms with Crippen molar-refractivity contribution in [3.8, 4) is 6.07 Å². The predicted molar refractivity (Wildman–Crippen MR) is 149 cm³/mol. The molecule has 6 rings (SSSR count). The Morgan fingerprint density at radius 1 is 0.946 bits per heavy atom. The summed E-state index contributed by atoms with van der Waals surface area (Å²) in [6, 6.07) is 26.2. The molecular weight excluding hydrogens is 457 g/mol. The normalized spacial score (nSPS) is 16.3. The number of hydrogen-bond acceptors (Lipinski definition) is 2. The van der Waals surface area contributed by atoms with Crippen LogP contribution in [-0.2, 0) is 12.8 Å². The lowest BCUT2D eigenvalue weighted by atomic mass is 9.85. The Kier molecular flexibility index (Phi) is 6.64. The van der Waals surface area contributed by atoms with E-state index in [1.807, 2.05) is 24.4 Å². The number of nitrogens with one attached hydrogen (secondary N) is 1. The molecule has 1 N–H and O–H groups in total. The molecule has 0 atom stereocenters. The van der Waals surface area contributed by atoms with E-state index in [-0.39, 0.29) is 6.67 Å². The summed E-state index contributed by atoms with van der Waals surface area (Å²) in [5.41, 5.74) is 10.7. The maximum absolute atomic E-state index is 12.5. The van der Waals surface area contributed by atoms with Gasteiger partial charge in [-0.1, -0.05) is 48.5 Å². The van der Waals surface area contributed by atoms with Gasteiger partial charge >= 0.3 is 0 Å². The number of aryl methyl sites for hydroxylation is 1. The topological polar surface area (TPSA) is 42.8 Å². The summed E-state index contributed by atoms with van der Waals surface area (Å²) in [6.07, 6.45) is 6.74. The number of nitrogens with zero attached hydrogens (tertiary/aromatic N) is 2. The first-order chi connectivity index (χ1) is 18.2. The quantitative estimate of drug-likeness (QED) is 0.299. The molecule has 0 unspecified atom stereocenters. The molecule has 0 bridgehead atoms. The second-order valence-electron chi connectivity index (χ2n) is 10.5. The number of nitriles is 1. The van der Waals surface area contributed by atoms with Crippen LogP contribution in [0.15, 0.2) is 72.9 Å². The molecule has 0 amide bonds. The van der Waals surface area contributed by atoms with Crippen molar-refractivity contribution in [3.05, 3.63) is 106 Å². The minimum atomic E-state index is -0.224. The van der Waals surface area contributed by atoms with Gasteiger partial charge in [0.1, 0.15) is 0 Å². The molecule has 4 heteroatoms. The molecule has 4 aromatic rings. The van der Waals surface area contributed by atoms with E-state index in [2.05, 4.69) is 64.5 Å². The average molecular weight is 490 g/mol. The highest BCUT2D eigenvalue weighted by atomic mass is 19.1. The average Bonchev–Trinajstić information content (AvgIpc) is 3.31. The van der Waals surface area contributed by atoms with Gasteiger partial charge in [-0.05, 0) is 95.2 Å². The van der Waals surface area contributed by atoms with E-state index in [1.165, 1.54) is 44.3 Å². The lowest BCUT2D eigenvalue weighted by Gasteiger charge is -2.39. The van der Waals surface area contributed by atoms with Gasteiger partial charge in [-0.25, -0.2) is 0 Å². The monoisotopic (exact) mass is 489 g/mol. The standard InChI is InChI=1S/C33H32FN3/c34-16-4-18-37-21-24(22-37)19-23-9-11-25(12-10-23)33-30(27-6-2-1-5-26(27)20-35)8-3-7-28-29-15-17-36-32(29)14-13-31(28)33/h1-2,5-6,9-15,17,24,36H,3-4,7-8,16,18-19,21-22H2. The smallest absolute Gasteiger partial charge is 0.0998 e. The summed E-state index contributed by atoms with van der Waals surface area (Å²) in [7, 11) is 0. The SMILES string of the molecule is N#Cc1ccccc1C1=C(c2ccc(CC3CN(CCCF)C3)cc2)c2ccc3[nH]ccc3c2CCC1. The van der Waals surface area contributed by atoms with Gasteiger partial charge in [0.15, 0.2) is 0 Å². The van der Waals surface area contributed by atoms with Crippen LogP contribution in [-0.4, -0.2) is 36.2 Å². The highest BCUT2D eigenvalue weighted by Gasteiger charge is 2.27. The minimum absolute atomic E-state index is 0.224. The zero-order valence-corrected chi connectivity index (χ0v) is 21.1. The molecule has 2 aliphatic rings. The van der Waals surface area contributed by atoms with Crippen LogP contribution in [0, 0.1) is 17.2 Å². The van der Waals surface area contributed by atoms with Crippen LogP contribution in [0.2, 0.25) is 0 Å². The van der Waals surface area contributed by atoms with Crippen LogP contribution >= 0.6 is 0 Å². The van der Waals surface area contributed by atoms with Crippen LogP contribution in [0.5, 0.6) is 0 Å². The first-order valence-electron chi connectivity index (χ1n) is 13.4. The lowest BCUT2D eigenvalue weighted by Crippen LogP contribution is -2.47. The molecule has 0 spiro atoms. The van der Waals surface area contributed by atoms with Gasteiger partial charge in [-0.15, -0.1) is 0 Å². The minimum Gasteiger partial charge on any atom is -0.361 e. The Morgan fingerprint density at radius 2 is 1.78 bits per heavy atom. The predicted octanol–water partition coefficient (Wildman–Crippen LogP) is 7.17. The number of aromatic nitrogens is 1. The summed E-state index contributed by atoms with van der Waals surface area (Å²) >= 11 is 0. The number of H-pyrrole nitrogens is 1. The Hall–Kier alpha value is -3.68. The third-order valence-electron chi connectivity index (χ3n) is 8.05. The molecule has 3 nitrogen and oxygen atoms in total. The number of halogens is 1. The number of rotatable bonds is 7. The molecule has 1 fully saturated rings.